The molecule has 3 aliphatic rings. The highest BCUT2D eigenvalue weighted by molar-refractivity contribution is 5.87. The van der Waals surface area contributed by atoms with Crippen molar-refractivity contribution in [3.63, 3.8) is 0 Å². The van der Waals surface area contributed by atoms with E-state index in [0.29, 0.717) is 13.0 Å². The minimum absolute atomic E-state index is 0.0210. The Morgan fingerprint density at radius 2 is 1.94 bits per heavy atom. The number of allylic oxidation sites excluding steroid dienone is 1. The van der Waals surface area contributed by atoms with Gasteiger partial charge < -0.3 is 23.7 Å². The lowest BCUT2D eigenvalue weighted by Gasteiger charge is -2.42. The van der Waals surface area contributed by atoms with E-state index in [1.54, 1.807) is 20.3 Å². The average molecular weight is 443 g/mol. The molecule has 2 saturated heterocycles. The molecule has 0 radical (unpaired) electrons. The smallest absolute Gasteiger partial charge is 0.331 e. The van der Waals surface area contributed by atoms with Gasteiger partial charge in [-0.3, -0.25) is 0 Å². The minimum atomic E-state index is -0.373. The topological polar surface area (TPSA) is 69.8 Å². The van der Waals surface area contributed by atoms with Gasteiger partial charge in [-0.15, -0.1) is 0 Å². The maximum absolute atomic E-state index is 12.6. The van der Waals surface area contributed by atoms with Crippen LogP contribution < -0.4 is 4.74 Å². The largest absolute Gasteiger partial charge is 0.497 e. The second-order valence-electron chi connectivity index (χ2n) is 9.46. The van der Waals surface area contributed by atoms with Gasteiger partial charge in [-0.25, -0.2) is 4.79 Å². The molecule has 1 spiro atoms. The first-order valence-electron chi connectivity index (χ1n) is 11.3. The Balaban J connectivity index is 1.43. The van der Waals surface area contributed by atoms with Gasteiger partial charge in [-0.1, -0.05) is 23.8 Å². The number of carbonyl (C=O) groups is 1. The normalized spacial score (nSPS) is 35.5. The van der Waals surface area contributed by atoms with Crippen LogP contribution in [0.1, 0.15) is 45.6 Å². The fourth-order valence-electron chi connectivity index (χ4n) is 5.14. The number of ether oxygens (including phenoxy) is 5. The Bertz CT molecular complexity index is 880. The summed E-state index contributed by atoms with van der Waals surface area (Å²) in [6, 6.07) is 7.50. The van der Waals surface area contributed by atoms with E-state index in [0.717, 1.165) is 24.2 Å². The van der Waals surface area contributed by atoms with E-state index in [-0.39, 0.29) is 41.4 Å². The van der Waals surface area contributed by atoms with Crippen molar-refractivity contribution < 1.29 is 28.5 Å². The second-order valence-corrected chi connectivity index (χ2v) is 9.46. The quantitative estimate of drug-likeness (QED) is 0.258. The highest BCUT2D eigenvalue weighted by atomic mass is 16.6. The highest BCUT2D eigenvalue weighted by Gasteiger charge is 2.72. The first-order valence-corrected chi connectivity index (χ1v) is 11.3. The lowest BCUT2D eigenvalue weighted by Crippen LogP contribution is -2.55. The molecule has 1 aliphatic carbocycles. The van der Waals surface area contributed by atoms with Gasteiger partial charge in [0.2, 0.25) is 0 Å². The highest BCUT2D eigenvalue weighted by Crippen LogP contribution is 2.59. The molecule has 2 heterocycles. The van der Waals surface area contributed by atoms with Gasteiger partial charge in [0, 0.05) is 13.2 Å². The fourth-order valence-corrected chi connectivity index (χ4v) is 5.14. The predicted molar refractivity (Wildman–Crippen MR) is 121 cm³/mol. The van der Waals surface area contributed by atoms with Crippen LogP contribution >= 0.6 is 0 Å². The van der Waals surface area contributed by atoms with Crippen molar-refractivity contribution in [3.05, 3.63) is 47.6 Å². The summed E-state index contributed by atoms with van der Waals surface area (Å²) in [6.45, 7) is 7.05. The number of carbonyl (C=O) groups excluding carboxylic acids is 1. The Labute approximate surface area is 190 Å². The zero-order chi connectivity index (χ0) is 22.9. The fraction of sp³-hybridized carbons (Fsp3) is 0.577. The molecule has 0 N–H and O–H groups in total. The summed E-state index contributed by atoms with van der Waals surface area (Å²) >= 11 is 0. The van der Waals surface area contributed by atoms with E-state index >= 15 is 0 Å². The van der Waals surface area contributed by atoms with E-state index in [9.17, 15) is 4.79 Å². The third kappa shape index (κ3) is 4.63. The maximum atomic E-state index is 12.6. The molecule has 0 aromatic heterocycles. The van der Waals surface area contributed by atoms with Gasteiger partial charge in [-0.05, 0) is 63.8 Å². The van der Waals surface area contributed by atoms with E-state index in [1.165, 1.54) is 11.6 Å². The molecule has 1 aromatic carbocycles. The predicted octanol–water partition coefficient (Wildman–Crippen LogP) is 4.33. The Morgan fingerprint density at radius 1 is 1.22 bits per heavy atom. The number of rotatable bonds is 8. The SMILES string of the molecule is COc1ccc(C=CC(=O)OC2CCC3(CO3)C(C3(C)OC3CC=C(C)C)C2OC)cc1. The number of benzene rings is 1. The monoisotopic (exact) mass is 442 g/mol. The molecule has 6 nitrogen and oxygen atoms in total. The van der Waals surface area contributed by atoms with Gasteiger partial charge in [-0.2, -0.15) is 0 Å². The van der Waals surface area contributed by atoms with Crippen LogP contribution in [-0.4, -0.2) is 56.3 Å². The van der Waals surface area contributed by atoms with Crippen LogP contribution in [-0.2, 0) is 23.7 Å². The van der Waals surface area contributed by atoms with Crippen molar-refractivity contribution in [2.45, 2.75) is 69.5 Å². The Hall–Kier alpha value is -2.15. The maximum Gasteiger partial charge on any atom is 0.331 e. The molecule has 4 rings (SSSR count). The van der Waals surface area contributed by atoms with Gasteiger partial charge in [0.25, 0.3) is 0 Å². The van der Waals surface area contributed by atoms with Crippen LogP contribution in [0.2, 0.25) is 0 Å². The molecule has 6 heteroatoms. The van der Waals surface area contributed by atoms with Gasteiger partial charge in [0.1, 0.15) is 29.2 Å². The molecule has 6 unspecified atom stereocenters. The number of epoxide rings is 2. The molecule has 3 fully saturated rings. The van der Waals surface area contributed by atoms with Gasteiger partial charge in [0.05, 0.1) is 25.7 Å². The first-order chi connectivity index (χ1) is 15.3. The van der Waals surface area contributed by atoms with Crippen molar-refractivity contribution in [3.8, 4) is 5.75 Å². The van der Waals surface area contributed by atoms with Gasteiger partial charge >= 0.3 is 5.97 Å². The standard InChI is InChI=1S/C26H34O6/c1-17(2)6-12-21-25(3,32-21)24-23(29-5)20(14-15-26(24)16-30-26)31-22(27)13-9-18-7-10-19(28-4)11-8-18/h6-11,13,20-21,23-24H,12,14-16H2,1-5H3. The van der Waals surface area contributed by atoms with Crippen molar-refractivity contribution in [1.29, 1.82) is 0 Å². The summed E-state index contributed by atoms with van der Waals surface area (Å²) in [5.74, 6) is 0.422. The summed E-state index contributed by atoms with van der Waals surface area (Å²) in [6.07, 6.45) is 7.37. The van der Waals surface area contributed by atoms with Gasteiger partial charge in [0.15, 0.2) is 0 Å². The summed E-state index contributed by atoms with van der Waals surface area (Å²) < 4.78 is 29.1. The minimum Gasteiger partial charge on any atom is -0.497 e. The summed E-state index contributed by atoms with van der Waals surface area (Å²) in [5, 5.41) is 0. The van der Waals surface area contributed by atoms with Crippen LogP contribution in [0.3, 0.4) is 0 Å². The van der Waals surface area contributed by atoms with Crippen LogP contribution in [0.5, 0.6) is 5.75 Å². The van der Waals surface area contributed by atoms with Crippen molar-refractivity contribution in [2.75, 3.05) is 20.8 Å². The number of hydrogen-bond donors (Lipinski definition) is 0. The lowest BCUT2D eigenvalue weighted by molar-refractivity contribution is -0.166. The van der Waals surface area contributed by atoms with Crippen LogP contribution in [0.25, 0.3) is 6.08 Å². The second kappa shape index (κ2) is 9.00. The summed E-state index contributed by atoms with van der Waals surface area (Å²) in [7, 11) is 3.31. The summed E-state index contributed by atoms with van der Waals surface area (Å²) in [5.41, 5.74) is 1.62. The van der Waals surface area contributed by atoms with Crippen molar-refractivity contribution in [2.24, 2.45) is 5.92 Å². The van der Waals surface area contributed by atoms with Crippen molar-refractivity contribution in [1.82, 2.24) is 0 Å². The summed E-state index contributed by atoms with van der Waals surface area (Å²) in [4.78, 5) is 12.6. The average Bonchev–Trinajstić information content (AvgIpc) is 3.69. The molecule has 2 aliphatic heterocycles. The molecule has 32 heavy (non-hydrogen) atoms. The molecule has 174 valence electrons. The van der Waals surface area contributed by atoms with E-state index in [4.69, 9.17) is 23.7 Å². The zero-order valence-corrected chi connectivity index (χ0v) is 19.6. The van der Waals surface area contributed by atoms with E-state index < -0.39 is 0 Å². The van der Waals surface area contributed by atoms with E-state index in [2.05, 4.69) is 26.8 Å². The van der Waals surface area contributed by atoms with Crippen LogP contribution in [0, 0.1) is 5.92 Å². The Kier molecular flexibility index (Phi) is 6.48. The molecular formula is C26H34O6. The van der Waals surface area contributed by atoms with E-state index in [1.807, 2.05) is 24.3 Å². The first kappa shape index (κ1) is 23.0. The molecular weight excluding hydrogens is 408 g/mol. The molecule has 0 bridgehead atoms. The number of hydrogen-bond acceptors (Lipinski definition) is 6. The third-order valence-electron chi connectivity index (χ3n) is 7.03. The zero-order valence-electron chi connectivity index (χ0n) is 19.6. The van der Waals surface area contributed by atoms with Crippen molar-refractivity contribution >= 4 is 12.0 Å². The lowest BCUT2D eigenvalue weighted by atomic mass is 9.68. The Morgan fingerprint density at radius 3 is 2.53 bits per heavy atom. The molecule has 6 atom stereocenters. The molecule has 1 saturated carbocycles. The third-order valence-corrected chi connectivity index (χ3v) is 7.03. The molecule has 1 aromatic rings. The van der Waals surface area contributed by atoms with Crippen LogP contribution in [0.4, 0.5) is 0 Å². The van der Waals surface area contributed by atoms with Crippen LogP contribution in [0.15, 0.2) is 42.0 Å². The number of methoxy groups -OCH3 is 2. The molecule has 0 amide bonds. The number of esters is 1.